The second kappa shape index (κ2) is 9.27. The van der Waals surface area contributed by atoms with Gasteiger partial charge in [0.2, 0.25) is 5.82 Å². The molecule has 11 heteroatoms. The highest BCUT2D eigenvalue weighted by Gasteiger charge is 2.35. The van der Waals surface area contributed by atoms with Crippen molar-refractivity contribution in [3.05, 3.63) is 64.5 Å². The van der Waals surface area contributed by atoms with Crippen LogP contribution in [-0.2, 0) is 13.2 Å². The molecule has 1 unspecified atom stereocenters. The molecule has 1 aliphatic carbocycles. The number of anilines is 1. The highest BCUT2D eigenvalue weighted by atomic mass is 79.9. The fourth-order valence-corrected chi connectivity index (χ4v) is 4.75. The number of piperazine rings is 1. The zero-order valence-electron chi connectivity index (χ0n) is 19.3. The maximum atomic E-state index is 13.0. The Kier molecular flexibility index (Phi) is 6.30. The molecule has 0 spiro atoms. The molecular weight excluding hydrogens is 525 g/mol. The molecule has 1 saturated heterocycles. The fraction of sp³-hybridized carbons (Fsp3) is 0.375. The summed E-state index contributed by atoms with van der Waals surface area (Å²) in [6.07, 6.45) is 2.56. The molecule has 0 amide bonds. The van der Waals surface area contributed by atoms with Gasteiger partial charge in [0.15, 0.2) is 5.69 Å². The number of alkyl halides is 3. The van der Waals surface area contributed by atoms with Gasteiger partial charge in [-0.1, -0.05) is 39.3 Å². The monoisotopic (exact) mass is 548 g/mol. The Bertz CT molecular complexity index is 1290. The summed E-state index contributed by atoms with van der Waals surface area (Å²) >= 11 is 3.55. The number of halogens is 4. The third-order valence-electron chi connectivity index (χ3n) is 6.35. The molecule has 0 bridgehead atoms. The standard InChI is InChI=1S/C24H24BrF3N6O/c1-32-9-11-34(12-10-32)19-8-7-17(25)13-18(19)21-30-23(35-31-21)16-5-3-15(4-6-16)22-29-20(14-33(22)2)24(26,27)28/h3,5-8,13-15H,4,9-12H2,1-2H3. The van der Waals surface area contributed by atoms with Crippen molar-refractivity contribution in [1.82, 2.24) is 24.6 Å². The number of allylic oxidation sites excluding steroid dienone is 4. The average Bonchev–Trinajstić information content (AvgIpc) is 3.47. The zero-order valence-corrected chi connectivity index (χ0v) is 20.8. The first-order chi connectivity index (χ1) is 16.7. The molecule has 2 aliphatic rings. The van der Waals surface area contributed by atoms with Gasteiger partial charge in [-0.2, -0.15) is 18.2 Å². The Balaban J connectivity index is 1.36. The highest BCUT2D eigenvalue weighted by Crippen LogP contribution is 2.36. The summed E-state index contributed by atoms with van der Waals surface area (Å²) in [5, 5.41) is 4.23. The van der Waals surface area contributed by atoms with Crippen LogP contribution in [0.15, 0.2) is 51.6 Å². The Morgan fingerprint density at radius 2 is 1.86 bits per heavy atom. The normalized spacial score (nSPS) is 19.3. The number of aryl methyl sites for hydroxylation is 1. The van der Waals surface area contributed by atoms with E-state index in [0.29, 0.717) is 24.0 Å². The molecule has 1 atom stereocenters. The molecule has 5 rings (SSSR count). The number of aromatic nitrogens is 4. The number of imidazole rings is 1. The van der Waals surface area contributed by atoms with E-state index in [9.17, 15) is 13.2 Å². The van der Waals surface area contributed by atoms with Crippen molar-refractivity contribution >= 4 is 27.2 Å². The Morgan fingerprint density at radius 1 is 1.09 bits per heavy atom. The summed E-state index contributed by atoms with van der Waals surface area (Å²) in [6, 6.07) is 6.06. The first kappa shape index (κ1) is 23.8. The van der Waals surface area contributed by atoms with E-state index in [2.05, 4.69) is 54.0 Å². The lowest BCUT2D eigenvalue weighted by Gasteiger charge is -2.34. The third kappa shape index (κ3) is 4.92. The second-order valence-corrected chi connectivity index (χ2v) is 9.74. The zero-order chi connectivity index (χ0) is 24.7. The van der Waals surface area contributed by atoms with Crippen LogP contribution < -0.4 is 4.90 Å². The largest absolute Gasteiger partial charge is 0.434 e. The van der Waals surface area contributed by atoms with Crippen molar-refractivity contribution in [3.63, 3.8) is 0 Å². The molecule has 184 valence electrons. The topological polar surface area (TPSA) is 63.2 Å². The maximum Gasteiger partial charge on any atom is 0.434 e. The fourth-order valence-electron chi connectivity index (χ4n) is 4.39. The number of rotatable bonds is 4. The minimum Gasteiger partial charge on any atom is -0.368 e. The smallest absolute Gasteiger partial charge is 0.368 e. The van der Waals surface area contributed by atoms with E-state index in [0.717, 1.165) is 53.7 Å². The van der Waals surface area contributed by atoms with Gasteiger partial charge in [-0.15, -0.1) is 0 Å². The molecule has 0 N–H and O–H groups in total. The Hall–Kier alpha value is -2.92. The summed E-state index contributed by atoms with van der Waals surface area (Å²) in [6.45, 7) is 3.78. The van der Waals surface area contributed by atoms with Gasteiger partial charge in [0.25, 0.3) is 5.89 Å². The van der Waals surface area contributed by atoms with Gasteiger partial charge < -0.3 is 18.9 Å². The molecule has 35 heavy (non-hydrogen) atoms. The van der Waals surface area contributed by atoms with Gasteiger partial charge in [-0.05, 0) is 31.7 Å². The van der Waals surface area contributed by atoms with Gasteiger partial charge in [-0.3, -0.25) is 0 Å². The Morgan fingerprint density at radius 3 is 2.51 bits per heavy atom. The SMILES string of the molecule is CN1CCN(c2ccc(Br)cc2-c2noc(C3=CCC(c4nc(C(F)(F)F)cn4C)C=C3)n2)CC1. The van der Waals surface area contributed by atoms with Crippen LogP contribution in [0.1, 0.15) is 29.7 Å². The molecule has 3 aromatic rings. The molecule has 1 aromatic carbocycles. The number of hydrogen-bond acceptors (Lipinski definition) is 6. The van der Waals surface area contributed by atoms with Crippen molar-refractivity contribution in [1.29, 1.82) is 0 Å². The van der Waals surface area contributed by atoms with Crippen molar-refractivity contribution in [2.45, 2.75) is 18.5 Å². The first-order valence-corrected chi connectivity index (χ1v) is 12.0. The first-order valence-electron chi connectivity index (χ1n) is 11.3. The van der Waals surface area contributed by atoms with E-state index >= 15 is 0 Å². The van der Waals surface area contributed by atoms with Crippen LogP contribution in [0, 0.1) is 0 Å². The number of nitrogens with zero attached hydrogens (tertiary/aromatic N) is 6. The predicted octanol–water partition coefficient (Wildman–Crippen LogP) is 5.13. The number of hydrogen-bond donors (Lipinski definition) is 0. The van der Waals surface area contributed by atoms with Gasteiger partial charge >= 0.3 is 6.18 Å². The van der Waals surface area contributed by atoms with Crippen molar-refractivity contribution < 1.29 is 17.7 Å². The minimum absolute atomic E-state index is 0.267. The van der Waals surface area contributed by atoms with E-state index in [4.69, 9.17) is 4.52 Å². The van der Waals surface area contributed by atoms with Gasteiger partial charge in [0, 0.05) is 66.6 Å². The maximum absolute atomic E-state index is 13.0. The summed E-state index contributed by atoms with van der Waals surface area (Å²) in [5.41, 5.74) is 1.79. The van der Waals surface area contributed by atoms with Crippen molar-refractivity contribution in [2.24, 2.45) is 7.05 Å². The van der Waals surface area contributed by atoms with Crippen LogP contribution in [0.4, 0.5) is 18.9 Å². The van der Waals surface area contributed by atoms with Crippen LogP contribution >= 0.6 is 15.9 Å². The lowest BCUT2D eigenvalue weighted by atomic mass is 9.96. The van der Waals surface area contributed by atoms with E-state index in [1.807, 2.05) is 24.3 Å². The summed E-state index contributed by atoms with van der Waals surface area (Å²) in [5.74, 6) is 0.956. The average molecular weight is 549 g/mol. The molecule has 1 aliphatic heterocycles. The second-order valence-electron chi connectivity index (χ2n) is 8.83. The van der Waals surface area contributed by atoms with Crippen LogP contribution in [0.3, 0.4) is 0 Å². The summed E-state index contributed by atoms with van der Waals surface area (Å²) in [7, 11) is 3.69. The molecule has 7 nitrogen and oxygen atoms in total. The highest BCUT2D eigenvalue weighted by molar-refractivity contribution is 9.10. The Labute approximate surface area is 209 Å². The number of benzene rings is 1. The van der Waals surface area contributed by atoms with Crippen LogP contribution in [0.5, 0.6) is 0 Å². The molecule has 2 aromatic heterocycles. The van der Waals surface area contributed by atoms with Gasteiger partial charge in [0.1, 0.15) is 5.82 Å². The van der Waals surface area contributed by atoms with Crippen LogP contribution in [-0.4, -0.2) is 57.8 Å². The summed E-state index contributed by atoms with van der Waals surface area (Å²) < 4.78 is 47.0. The van der Waals surface area contributed by atoms with Crippen molar-refractivity contribution in [2.75, 3.05) is 38.1 Å². The lowest BCUT2D eigenvalue weighted by Crippen LogP contribution is -2.44. The molecule has 0 saturated carbocycles. The quantitative estimate of drug-likeness (QED) is 0.450. The van der Waals surface area contributed by atoms with Crippen molar-refractivity contribution in [3.8, 4) is 11.4 Å². The molecule has 0 radical (unpaired) electrons. The van der Waals surface area contributed by atoms with E-state index in [1.165, 1.54) is 4.57 Å². The summed E-state index contributed by atoms with van der Waals surface area (Å²) in [4.78, 5) is 13.1. The van der Waals surface area contributed by atoms with Gasteiger partial charge in [-0.25, -0.2) is 4.98 Å². The minimum atomic E-state index is -4.47. The molecular formula is C24H24BrF3N6O. The molecule has 3 heterocycles. The van der Waals surface area contributed by atoms with E-state index in [1.54, 1.807) is 13.1 Å². The third-order valence-corrected chi connectivity index (χ3v) is 6.84. The lowest BCUT2D eigenvalue weighted by molar-refractivity contribution is -0.141. The predicted molar refractivity (Wildman–Crippen MR) is 130 cm³/mol. The van der Waals surface area contributed by atoms with Crippen LogP contribution in [0.25, 0.3) is 17.0 Å². The van der Waals surface area contributed by atoms with Gasteiger partial charge in [0.05, 0.1) is 0 Å². The van der Waals surface area contributed by atoms with E-state index in [-0.39, 0.29) is 5.92 Å². The molecule has 1 fully saturated rings. The number of likely N-dealkylation sites (N-methyl/N-ethyl adjacent to an activating group) is 1. The van der Waals surface area contributed by atoms with E-state index < -0.39 is 11.9 Å². The van der Waals surface area contributed by atoms with Crippen LogP contribution in [0.2, 0.25) is 0 Å².